The summed E-state index contributed by atoms with van der Waals surface area (Å²) in [5.41, 5.74) is 1.40. The number of hydrogen-bond acceptors (Lipinski definition) is 8. The first-order valence-electron chi connectivity index (χ1n) is 9.96. The fourth-order valence-corrected chi connectivity index (χ4v) is 3.24. The van der Waals surface area contributed by atoms with Gasteiger partial charge in [0.05, 0.1) is 28.4 Å². The standard InChI is InChI=1S/C24H30O8/c1-8-9-16-10-20(29-6)24(21(11-16)30-7)31-14(2)23(32-15(3)25)17-12-18(27-4)22(26)19(13-17)28-5/h8-14,23,26H,1-7H3/t14-,23-/m0/s1. The number of phenols is 1. The van der Waals surface area contributed by atoms with Crippen LogP contribution in [-0.4, -0.2) is 45.6 Å². The molecule has 0 heterocycles. The molecule has 32 heavy (non-hydrogen) atoms. The van der Waals surface area contributed by atoms with E-state index in [1.807, 2.05) is 31.2 Å². The fraction of sp³-hybridized carbons (Fsp3) is 0.375. The van der Waals surface area contributed by atoms with Crippen LogP contribution in [0.25, 0.3) is 6.08 Å². The molecule has 1 N–H and O–H groups in total. The third kappa shape index (κ3) is 5.57. The minimum Gasteiger partial charge on any atom is -0.502 e. The molecule has 0 unspecified atom stereocenters. The van der Waals surface area contributed by atoms with Gasteiger partial charge in [-0.05, 0) is 43.7 Å². The van der Waals surface area contributed by atoms with Crippen molar-refractivity contribution >= 4 is 12.0 Å². The zero-order chi connectivity index (χ0) is 23.8. The molecule has 8 nitrogen and oxygen atoms in total. The van der Waals surface area contributed by atoms with E-state index in [0.717, 1.165) is 5.56 Å². The molecule has 0 saturated carbocycles. The van der Waals surface area contributed by atoms with Crippen LogP contribution < -0.4 is 23.7 Å². The van der Waals surface area contributed by atoms with Gasteiger partial charge >= 0.3 is 5.97 Å². The predicted molar refractivity (Wildman–Crippen MR) is 120 cm³/mol. The summed E-state index contributed by atoms with van der Waals surface area (Å²) in [5, 5.41) is 10.2. The van der Waals surface area contributed by atoms with Crippen molar-refractivity contribution in [1.29, 1.82) is 0 Å². The SMILES string of the molecule is CC=Cc1cc(OC)c(O[C@@H](C)[C@H](OC(C)=O)c2cc(OC)c(O)c(OC)c2)c(OC)c1. The maximum absolute atomic E-state index is 11.9. The van der Waals surface area contributed by atoms with Crippen molar-refractivity contribution in [2.45, 2.75) is 33.0 Å². The molecule has 0 saturated heterocycles. The summed E-state index contributed by atoms with van der Waals surface area (Å²) in [5.74, 6) is 0.990. The molecule has 0 aliphatic heterocycles. The molecule has 0 spiro atoms. The topological polar surface area (TPSA) is 92.7 Å². The van der Waals surface area contributed by atoms with E-state index in [0.29, 0.717) is 22.8 Å². The minimum absolute atomic E-state index is 0.156. The molecular formula is C24H30O8. The summed E-state index contributed by atoms with van der Waals surface area (Å²) >= 11 is 0. The van der Waals surface area contributed by atoms with Crippen LogP contribution in [0.5, 0.6) is 34.5 Å². The molecule has 0 aromatic heterocycles. The minimum atomic E-state index is -0.847. The van der Waals surface area contributed by atoms with Crippen LogP contribution in [0.2, 0.25) is 0 Å². The summed E-state index contributed by atoms with van der Waals surface area (Å²) in [7, 11) is 5.90. The highest BCUT2D eigenvalue weighted by Gasteiger charge is 2.29. The monoisotopic (exact) mass is 446 g/mol. The Morgan fingerprint density at radius 2 is 1.41 bits per heavy atom. The zero-order valence-corrected chi connectivity index (χ0v) is 19.4. The number of phenolic OH excluding ortho intramolecular Hbond substituents is 1. The van der Waals surface area contributed by atoms with Crippen LogP contribution in [0, 0.1) is 0 Å². The third-order valence-corrected chi connectivity index (χ3v) is 4.70. The Morgan fingerprint density at radius 3 is 1.81 bits per heavy atom. The summed E-state index contributed by atoms with van der Waals surface area (Å²) in [4.78, 5) is 11.9. The van der Waals surface area contributed by atoms with E-state index in [1.165, 1.54) is 35.4 Å². The van der Waals surface area contributed by atoms with Crippen LogP contribution in [0.15, 0.2) is 30.3 Å². The van der Waals surface area contributed by atoms with E-state index in [9.17, 15) is 9.90 Å². The van der Waals surface area contributed by atoms with Gasteiger partial charge < -0.3 is 33.5 Å². The highest BCUT2D eigenvalue weighted by Crippen LogP contribution is 2.43. The van der Waals surface area contributed by atoms with E-state index in [2.05, 4.69) is 0 Å². The van der Waals surface area contributed by atoms with Crippen LogP contribution >= 0.6 is 0 Å². The maximum Gasteiger partial charge on any atom is 0.303 e. The molecule has 2 rings (SSSR count). The van der Waals surface area contributed by atoms with Crippen LogP contribution in [0.1, 0.15) is 38.0 Å². The van der Waals surface area contributed by atoms with E-state index in [4.69, 9.17) is 28.4 Å². The van der Waals surface area contributed by atoms with E-state index in [-0.39, 0.29) is 17.2 Å². The Labute approximate surface area is 188 Å². The van der Waals surface area contributed by atoms with Crippen molar-refractivity contribution in [2.24, 2.45) is 0 Å². The average molecular weight is 446 g/mol. The van der Waals surface area contributed by atoms with Gasteiger partial charge in [0.25, 0.3) is 0 Å². The van der Waals surface area contributed by atoms with Gasteiger partial charge in [-0.3, -0.25) is 4.79 Å². The lowest BCUT2D eigenvalue weighted by molar-refractivity contribution is -0.151. The highest BCUT2D eigenvalue weighted by atomic mass is 16.6. The smallest absolute Gasteiger partial charge is 0.303 e. The molecule has 174 valence electrons. The van der Waals surface area contributed by atoms with Crippen molar-refractivity contribution in [3.63, 3.8) is 0 Å². The lowest BCUT2D eigenvalue weighted by Crippen LogP contribution is -2.26. The summed E-state index contributed by atoms with van der Waals surface area (Å²) in [6, 6.07) is 6.76. The molecule has 0 amide bonds. The van der Waals surface area contributed by atoms with Gasteiger partial charge in [-0.25, -0.2) is 0 Å². The average Bonchev–Trinajstić information content (AvgIpc) is 2.78. The second-order valence-corrected chi connectivity index (χ2v) is 6.88. The van der Waals surface area contributed by atoms with Gasteiger partial charge in [0.15, 0.2) is 29.1 Å². The molecule has 2 aromatic rings. The number of carbonyl (C=O) groups is 1. The second-order valence-electron chi connectivity index (χ2n) is 6.88. The van der Waals surface area contributed by atoms with Gasteiger partial charge in [0, 0.05) is 12.5 Å². The van der Waals surface area contributed by atoms with Gasteiger partial charge in [-0.1, -0.05) is 12.2 Å². The Bertz CT molecular complexity index is 916. The number of hydrogen-bond donors (Lipinski definition) is 1. The van der Waals surface area contributed by atoms with Crippen molar-refractivity contribution in [3.8, 4) is 34.5 Å². The number of allylic oxidation sites excluding steroid dienone is 1. The first kappa shape index (κ1) is 24.7. The molecular weight excluding hydrogens is 416 g/mol. The van der Waals surface area contributed by atoms with E-state index in [1.54, 1.807) is 19.1 Å². The molecule has 0 aliphatic carbocycles. The number of aromatic hydroxyl groups is 1. The first-order chi connectivity index (χ1) is 15.3. The molecule has 2 aromatic carbocycles. The normalized spacial score (nSPS) is 12.7. The predicted octanol–water partition coefficient (Wildman–Crippen LogP) is 4.53. The van der Waals surface area contributed by atoms with Crippen molar-refractivity contribution in [2.75, 3.05) is 28.4 Å². The molecule has 2 atom stereocenters. The first-order valence-corrected chi connectivity index (χ1v) is 9.96. The van der Waals surface area contributed by atoms with Crippen LogP contribution in [0.4, 0.5) is 0 Å². The van der Waals surface area contributed by atoms with Gasteiger partial charge in [0.1, 0.15) is 6.10 Å². The Kier molecular flexibility index (Phi) is 8.63. The van der Waals surface area contributed by atoms with Crippen LogP contribution in [0.3, 0.4) is 0 Å². The number of esters is 1. The highest BCUT2D eigenvalue weighted by molar-refractivity contribution is 5.67. The summed E-state index contributed by atoms with van der Waals surface area (Å²) in [6.45, 7) is 4.97. The second kappa shape index (κ2) is 11.2. The molecule has 0 aliphatic rings. The quantitative estimate of drug-likeness (QED) is 0.532. The maximum atomic E-state index is 11.9. The van der Waals surface area contributed by atoms with E-state index >= 15 is 0 Å². The molecule has 8 heteroatoms. The Balaban J connectivity index is 2.52. The van der Waals surface area contributed by atoms with Crippen molar-refractivity contribution < 1.29 is 38.3 Å². The third-order valence-electron chi connectivity index (χ3n) is 4.70. The van der Waals surface area contributed by atoms with Gasteiger partial charge in [0.2, 0.25) is 11.5 Å². The lowest BCUT2D eigenvalue weighted by Gasteiger charge is -2.27. The summed E-state index contributed by atoms with van der Waals surface area (Å²) in [6.07, 6.45) is 2.29. The summed E-state index contributed by atoms with van der Waals surface area (Å²) < 4.78 is 33.2. The number of benzene rings is 2. The van der Waals surface area contributed by atoms with Crippen LogP contribution in [-0.2, 0) is 9.53 Å². The lowest BCUT2D eigenvalue weighted by atomic mass is 10.0. The van der Waals surface area contributed by atoms with Crippen molar-refractivity contribution in [3.05, 3.63) is 41.5 Å². The van der Waals surface area contributed by atoms with Gasteiger partial charge in [-0.2, -0.15) is 0 Å². The number of methoxy groups -OCH3 is 4. The fourth-order valence-electron chi connectivity index (χ4n) is 3.24. The number of carbonyl (C=O) groups excluding carboxylic acids is 1. The Hall–Kier alpha value is -3.55. The van der Waals surface area contributed by atoms with E-state index < -0.39 is 18.2 Å². The number of rotatable bonds is 10. The van der Waals surface area contributed by atoms with Crippen molar-refractivity contribution in [1.82, 2.24) is 0 Å². The molecule has 0 fully saturated rings. The number of ether oxygens (including phenoxy) is 6. The molecule has 0 radical (unpaired) electrons. The van der Waals surface area contributed by atoms with Gasteiger partial charge in [-0.15, -0.1) is 0 Å². The zero-order valence-electron chi connectivity index (χ0n) is 19.4. The molecule has 0 bridgehead atoms. The Morgan fingerprint density at radius 1 is 0.906 bits per heavy atom. The largest absolute Gasteiger partial charge is 0.502 e.